The summed E-state index contributed by atoms with van der Waals surface area (Å²) in [6.07, 6.45) is 0. The number of fused-ring (bicyclic) bond motifs is 1. The first-order chi connectivity index (χ1) is 16.7. The van der Waals surface area contributed by atoms with Crippen LogP contribution in [-0.2, 0) is 16.9 Å². The Morgan fingerprint density at radius 3 is 2.51 bits per heavy atom. The van der Waals surface area contributed by atoms with E-state index in [0.717, 1.165) is 16.2 Å². The maximum Gasteiger partial charge on any atom is 0.325 e. The van der Waals surface area contributed by atoms with E-state index in [0.29, 0.717) is 34.9 Å². The van der Waals surface area contributed by atoms with Crippen molar-refractivity contribution in [1.29, 1.82) is 0 Å². The van der Waals surface area contributed by atoms with Gasteiger partial charge in [-0.1, -0.05) is 18.2 Å². The van der Waals surface area contributed by atoms with Crippen LogP contribution >= 0.6 is 0 Å². The highest BCUT2D eigenvalue weighted by atomic mass is 19.1. The summed E-state index contributed by atoms with van der Waals surface area (Å²) in [6.45, 7) is 5.46. The van der Waals surface area contributed by atoms with Crippen molar-refractivity contribution in [3.05, 3.63) is 82.4 Å². The van der Waals surface area contributed by atoms with Crippen LogP contribution in [0, 0.1) is 19.7 Å². The average molecular weight is 477 g/mol. The lowest BCUT2D eigenvalue weighted by molar-refractivity contribution is -0.130. The van der Waals surface area contributed by atoms with E-state index in [2.05, 4.69) is 5.32 Å². The number of carbonyl (C=O) groups is 3. The van der Waals surface area contributed by atoms with Crippen LogP contribution in [0.3, 0.4) is 0 Å². The van der Waals surface area contributed by atoms with Gasteiger partial charge in [-0.25, -0.2) is 9.18 Å². The molecule has 35 heavy (non-hydrogen) atoms. The first-order valence-electron chi connectivity index (χ1n) is 11.2. The summed E-state index contributed by atoms with van der Waals surface area (Å²) in [5.41, 5.74) is 2.08. The van der Waals surface area contributed by atoms with Crippen molar-refractivity contribution >= 4 is 17.7 Å². The molecule has 1 N–H and O–H groups in total. The summed E-state index contributed by atoms with van der Waals surface area (Å²) in [4.78, 5) is 40.2. The zero-order chi connectivity index (χ0) is 24.9. The van der Waals surface area contributed by atoms with Gasteiger partial charge in [-0.15, -0.1) is 0 Å². The summed E-state index contributed by atoms with van der Waals surface area (Å²) >= 11 is 0. The first kappa shape index (κ1) is 22.6. The van der Waals surface area contributed by atoms with Crippen LogP contribution in [0.4, 0.5) is 9.18 Å². The number of nitrogens with zero attached hydrogens (tertiary/aromatic N) is 2. The maximum absolute atomic E-state index is 13.3. The Hall–Kier alpha value is -4.14. The second-order valence-electron chi connectivity index (χ2n) is 8.94. The molecule has 2 aliphatic rings. The maximum atomic E-state index is 13.3. The second kappa shape index (κ2) is 8.26. The Kier molecular flexibility index (Phi) is 5.35. The average Bonchev–Trinajstić information content (AvgIpc) is 3.48. The zero-order valence-corrected chi connectivity index (χ0v) is 19.6. The van der Waals surface area contributed by atoms with Gasteiger partial charge in [0.1, 0.15) is 11.4 Å². The number of carbonyl (C=O) groups excluding carboxylic acids is 3. The van der Waals surface area contributed by atoms with Gasteiger partial charge in [-0.05, 0) is 62.2 Å². The topological polar surface area (TPSA) is 89.9 Å². The highest BCUT2D eigenvalue weighted by Crippen LogP contribution is 2.38. The van der Waals surface area contributed by atoms with Crippen LogP contribution in [0.15, 0.2) is 48.5 Å². The predicted molar refractivity (Wildman–Crippen MR) is 124 cm³/mol. The summed E-state index contributed by atoms with van der Waals surface area (Å²) in [6, 6.07) is 12.3. The Labute approximate surface area is 201 Å². The fourth-order valence-electron chi connectivity index (χ4n) is 4.57. The Morgan fingerprint density at radius 2 is 1.77 bits per heavy atom. The molecule has 5 rings (SSSR count). The van der Waals surface area contributed by atoms with Gasteiger partial charge in [-0.2, -0.15) is 0 Å². The minimum absolute atomic E-state index is 0.0933. The molecule has 1 saturated heterocycles. The zero-order valence-electron chi connectivity index (χ0n) is 19.6. The molecule has 0 bridgehead atoms. The van der Waals surface area contributed by atoms with E-state index in [1.807, 2.05) is 18.4 Å². The smallest absolute Gasteiger partial charge is 0.325 e. The van der Waals surface area contributed by atoms with Crippen LogP contribution in [-0.4, -0.2) is 40.5 Å². The van der Waals surface area contributed by atoms with Gasteiger partial charge < -0.3 is 19.4 Å². The number of ether oxygens (including phenoxy) is 2. The number of Topliss-reactive ketones (excluding diaryl/α,β-unsaturated/α-hetero) is 1. The number of rotatable bonds is 6. The molecular weight excluding hydrogens is 453 g/mol. The number of urea groups is 1. The molecular formula is C26H24FN3O5. The fourth-order valence-corrected chi connectivity index (χ4v) is 4.57. The van der Waals surface area contributed by atoms with Crippen molar-refractivity contribution in [2.45, 2.75) is 32.9 Å². The molecule has 2 aromatic carbocycles. The second-order valence-corrected chi connectivity index (χ2v) is 8.94. The first-order valence-corrected chi connectivity index (χ1v) is 11.2. The van der Waals surface area contributed by atoms with Gasteiger partial charge in [0.05, 0.1) is 6.54 Å². The lowest BCUT2D eigenvalue weighted by Gasteiger charge is -2.22. The lowest BCUT2D eigenvalue weighted by atomic mass is 9.91. The van der Waals surface area contributed by atoms with E-state index in [1.54, 1.807) is 43.3 Å². The van der Waals surface area contributed by atoms with Crippen molar-refractivity contribution < 1.29 is 28.2 Å². The van der Waals surface area contributed by atoms with Gasteiger partial charge >= 0.3 is 6.03 Å². The third-order valence-corrected chi connectivity index (χ3v) is 6.65. The van der Waals surface area contributed by atoms with E-state index in [4.69, 9.17) is 9.47 Å². The van der Waals surface area contributed by atoms with Crippen molar-refractivity contribution in [2.24, 2.45) is 0 Å². The molecule has 2 aliphatic heterocycles. The van der Waals surface area contributed by atoms with E-state index in [1.165, 1.54) is 12.1 Å². The lowest BCUT2D eigenvalue weighted by Crippen LogP contribution is -2.41. The number of imide groups is 1. The summed E-state index contributed by atoms with van der Waals surface area (Å²) in [5.74, 6) is -0.116. The van der Waals surface area contributed by atoms with Crippen LogP contribution in [0.2, 0.25) is 0 Å². The van der Waals surface area contributed by atoms with Crippen LogP contribution < -0.4 is 14.8 Å². The third kappa shape index (κ3) is 3.82. The highest BCUT2D eigenvalue weighted by molar-refractivity contribution is 6.11. The standard InChI is InChI=1S/C26H24FN3O5/c1-15-10-20(16(2)29(15)12-17-4-7-19(27)8-5-17)21(31)13-30-24(32)26(3,28-25(30)33)18-6-9-22-23(11-18)35-14-34-22/h4-11H,12-14H2,1-3H3,(H,28,33)/t26-/m1/s1. The number of hydrogen-bond donors (Lipinski definition) is 1. The molecule has 0 radical (unpaired) electrons. The molecule has 8 nitrogen and oxygen atoms in total. The number of aromatic nitrogens is 1. The molecule has 3 amide bonds. The molecule has 180 valence electrons. The summed E-state index contributed by atoms with van der Waals surface area (Å²) < 4.78 is 25.9. The van der Waals surface area contributed by atoms with E-state index >= 15 is 0 Å². The Morgan fingerprint density at radius 1 is 1.06 bits per heavy atom. The highest BCUT2D eigenvalue weighted by Gasteiger charge is 2.50. The Balaban J connectivity index is 1.36. The van der Waals surface area contributed by atoms with Gasteiger partial charge in [-0.3, -0.25) is 14.5 Å². The molecule has 1 aromatic heterocycles. The number of hydrogen-bond acceptors (Lipinski definition) is 5. The van der Waals surface area contributed by atoms with E-state index in [-0.39, 0.29) is 24.9 Å². The molecule has 3 aromatic rings. The molecule has 0 unspecified atom stereocenters. The van der Waals surface area contributed by atoms with Crippen molar-refractivity contribution in [3.8, 4) is 11.5 Å². The number of halogens is 1. The molecule has 0 aliphatic carbocycles. The number of amides is 3. The summed E-state index contributed by atoms with van der Waals surface area (Å²) in [5, 5.41) is 2.72. The minimum Gasteiger partial charge on any atom is -0.454 e. The van der Waals surface area contributed by atoms with E-state index < -0.39 is 17.5 Å². The van der Waals surface area contributed by atoms with Crippen molar-refractivity contribution in [3.63, 3.8) is 0 Å². The van der Waals surface area contributed by atoms with Gasteiger partial charge in [0.25, 0.3) is 5.91 Å². The molecule has 1 atom stereocenters. The molecule has 1 fully saturated rings. The number of nitrogens with one attached hydrogen (secondary N) is 1. The number of ketones is 1. The molecule has 0 spiro atoms. The largest absolute Gasteiger partial charge is 0.454 e. The number of benzene rings is 2. The van der Waals surface area contributed by atoms with Gasteiger partial charge in [0, 0.05) is 23.5 Å². The number of aryl methyl sites for hydroxylation is 1. The van der Waals surface area contributed by atoms with Gasteiger partial charge in [0.2, 0.25) is 6.79 Å². The predicted octanol–water partition coefficient (Wildman–Crippen LogP) is 3.67. The van der Waals surface area contributed by atoms with E-state index in [9.17, 15) is 18.8 Å². The van der Waals surface area contributed by atoms with Gasteiger partial charge in [0.15, 0.2) is 17.3 Å². The minimum atomic E-state index is -1.34. The normalized spacial score (nSPS) is 18.8. The third-order valence-electron chi connectivity index (χ3n) is 6.65. The molecule has 0 saturated carbocycles. The fraction of sp³-hybridized carbons (Fsp3) is 0.269. The van der Waals surface area contributed by atoms with Crippen molar-refractivity contribution in [2.75, 3.05) is 13.3 Å². The van der Waals surface area contributed by atoms with Crippen LogP contribution in [0.5, 0.6) is 11.5 Å². The Bertz CT molecular complexity index is 1360. The monoisotopic (exact) mass is 477 g/mol. The molecule has 3 heterocycles. The SMILES string of the molecule is Cc1cc(C(=O)CN2C(=O)N[C@](C)(c3ccc4c(c3)OCO4)C2=O)c(C)n1Cc1ccc(F)cc1. The van der Waals surface area contributed by atoms with Crippen molar-refractivity contribution in [1.82, 2.24) is 14.8 Å². The quantitative estimate of drug-likeness (QED) is 0.432. The summed E-state index contributed by atoms with van der Waals surface area (Å²) in [7, 11) is 0. The van der Waals surface area contributed by atoms with Crippen LogP contribution in [0.25, 0.3) is 0 Å². The molecule has 9 heteroatoms. The van der Waals surface area contributed by atoms with Crippen LogP contribution in [0.1, 0.15) is 39.8 Å².